The van der Waals surface area contributed by atoms with Crippen molar-refractivity contribution in [1.82, 2.24) is 15.2 Å². The highest BCUT2D eigenvalue weighted by Crippen LogP contribution is 2.28. The number of carbonyl (C=O) groups is 1. The van der Waals surface area contributed by atoms with Crippen molar-refractivity contribution in [2.75, 3.05) is 5.32 Å². The lowest BCUT2D eigenvalue weighted by Gasteiger charge is -2.09. The number of carbonyl (C=O) groups excluding carboxylic acids is 1. The minimum atomic E-state index is -4.55. The van der Waals surface area contributed by atoms with Crippen LogP contribution in [0.15, 0.2) is 42.5 Å². The highest BCUT2D eigenvalue weighted by atomic mass is 32.1. The Kier molecular flexibility index (Phi) is 5.50. The van der Waals surface area contributed by atoms with E-state index < -0.39 is 17.8 Å². The lowest BCUT2D eigenvalue weighted by Crippen LogP contribution is -2.16. The van der Waals surface area contributed by atoms with Gasteiger partial charge in [-0.25, -0.2) is 4.98 Å². The van der Waals surface area contributed by atoms with Gasteiger partial charge in [-0.05, 0) is 31.0 Å². The van der Waals surface area contributed by atoms with E-state index in [0.717, 1.165) is 23.6 Å². The van der Waals surface area contributed by atoms with Crippen molar-refractivity contribution >= 4 is 22.4 Å². The molecule has 0 aliphatic heterocycles. The topological polar surface area (TPSA) is 67.8 Å². The molecular formula is C18H15F3N4OS. The van der Waals surface area contributed by atoms with Crippen molar-refractivity contribution in [3.05, 3.63) is 70.0 Å². The monoisotopic (exact) mass is 392 g/mol. The number of nitrogens with one attached hydrogen (secondary N) is 1. The van der Waals surface area contributed by atoms with Gasteiger partial charge in [0.05, 0.1) is 11.3 Å². The summed E-state index contributed by atoms with van der Waals surface area (Å²) in [5.74, 6) is -0.570. The number of hydrogen-bond donors (Lipinski definition) is 1. The number of halogens is 3. The largest absolute Gasteiger partial charge is 0.433 e. The van der Waals surface area contributed by atoms with E-state index in [1.54, 1.807) is 0 Å². The minimum Gasteiger partial charge on any atom is -0.296 e. The molecule has 0 aliphatic carbocycles. The van der Waals surface area contributed by atoms with Gasteiger partial charge in [0.1, 0.15) is 10.7 Å². The number of nitrogens with zero attached hydrogens (tertiary/aromatic N) is 3. The van der Waals surface area contributed by atoms with E-state index in [1.165, 1.54) is 23.8 Å². The molecule has 0 radical (unpaired) electrons. The standard InChI is InChI=1S/C18H15F3N4OS/c1-11-13(8-9-14(22-11)18(19,20)21)16(26)23-17-25-24-15(27-17)10-7-12-5-3-2-4-6-12/h2-6,8-9H,7,10H2,1H3,(H,23,25,26). The molecule has 2 heterocycles. The third-order valence-corrected chi connectivity index (χ3v) is 4.68. The summed E-state index contributed by atoms with van der Waals surface area (Å²) >= 11 is 1.23. The highest BCUT2D eigenvalue weighted by molar-refractivity contribution is 7.15. The molecule has 5 nitrogen and oxygen atoms in total. The van der Waals surface area contributed by atoms with Crippen LogP contribution in [0.3, 0.4) is 0 Å². The van der Waals surface area contributed by atoms with Gasteiger partial charge in [0.15, 0.2) is 0 Å². The fraction of sp³-hybridized carbons (Fsp3) is 0.222. The molecule has 1 amide bonds. The normalized spacial score (nSPS) is 11.4. The van der Waals surface area contributed by atoms with Crippen molar-refractivity contribution in [2.24, 2.45) is 0 Å². The SMILES string of the molecule is Cc1nc(C(F)(F)F)ccc1C(=O)Nc1nnc(CCc2ccccc2)s1. The lowest BCUT2D eigenvalue weighted by atomic mass is 10.1. The molecule has 0 fully saturated rings. The molecule has 3 aromatic rings. The van der Waals surface area contributed by atoms with E-state index in [-0.39, 0.29) is 11.3 Å². The quantitative estimate of drug-likeness (QED) is 0.703. The number of aryl methyl sites for hydroxylation is 3. The van der Waals surface area contributed by atoms with Crippen LogP contribution in [0.5, 0.6) is 0 Å². The Hall–Kier alpha value is -2.81. The molecule has 0 spiro atoms. The first kappa shape index (κ1) is 19.0. The van der Waals surface area contributed by atoms with Crippen LogP contribution in [0.2, 0.25) is 0 Å². The predicted molar refractivity (Wildman–Crippen MR) is 95.7 cm³/mol. The molecule has 2 aromatic heterocycles. The number of anilines is 1. The smallest absolute Gasteiger partial charge is 0.296 e. The number of alkyl halides is 3. The maximum Gasteiger partial charge on any atom is 0.433 e. The van der Waals surface area contributed by atoms with Crippen molar-refractivity contribution in [1.29, 1.82) is 0 Å². The van der Waals surface area contributed by atoms with Gasteiger partial charge in [-0.3, -0.25) is 10.1 Å². The Labute approximate surface area is 157 Å². The third kappa shape index (κ3) is 4.88. The lowest BCUT2D eigenvalue weighted by molar-refractivity contribution is -0.141. The fourth-order valence-corrected chi connectivity index (χ4v) is 3.16. The number of aromatic nitrogens is 3. The summed E-state index contributed by atoms with van der Waals surface area (Å²) in [6.07, 6.45) is -3.07. The molecule has 140 valence electrons. The van der Waals surface area contributed by atoms with E-state index in [9.17, 15) is 18.0 Å². The summed E-state index contributed by atoms with van der Waals surface area (Å²) in [5.41, 5.74) is 0.195. The Morgan fingerprint density at radius 3 is 2.48 bits per heavy atom. The van der Waals surface area contributed by atoms with Gasteiger partial charge in [0, 0.05) is 6.42 Å². The van der Waals surface area contributed by atoms with Crippen LogP contribution in [-0.2, 0) is 19.0 Å². The van der Waals surface area contributed by atoms with Gasteiger partial charge in [-0.15, -0.1) is 10.2 Å². The number of pyridine rings is 1. The zero-order valence-electron chi connectivity index (χ0n) is 14.2. The van der Waals surface area contributed by atoms with Crippen LogP contribution in [0, 0.1) is 6.92 Å². The molecule has 1 aromatic carbocycles. The van der Waals surface area contributed by atoms with E-state index in [1.807, 2.05) is 30.3 Å². The predicted octanol–water partition coefficient (Wildman–Crippen LogP) is 4.30. The van der Waals surface area contributed by atoms with Gasteiger partial charge in [0.2, 0.25) is 5.13 Å². The zero-order valence-corrected chi connectivity index (χ0v) is 15.1. The van der Waals surface area contributed by atoms with Gasteiger partial charge < -0.3 is 0 Å². The molecule has 3 rings (SSSR count). The number of rotatable bonds is 5. The maximum absolute atomic E-state index is 12.7. The summed E-state index contributed by atoms with van der Waals surface area (Å²) in [6, 6.07) is 11.8. The van der Waals surface area contributed by atoms with Crippen LogP contribution in [-0.4, -0.2) is 21.1 Å². The Morgan fingerprint density at radius 2 is 1.81 bits per heavy atom. The van der Waals surface area contributed by atoms with Crippen molar-refractivity contribution in [3.63, 3.8) is 0 Å². The van der Waals surface area contributed by atoms with E-state index in [4.69, 9.17) is 0 Å². The highest BCUT2D eigenvalue weighted by Gasteiger charge is 2.33. The molecule has 0 unspecified atom stereocenters. The first-order chi connectivity index (χ1) is 12.8. The summed E-state index contributed by atoms with van der Waals surface area (Å²) in [6.45, 7) is 1.36. The Balaban J connectivity index is 1.64. The summed E-state index contributed by atoms with van der Waals surface area (Å²) < 4.78 is 38.0. The molecule has 0 saturated heterocycles. The fourth-order valence-electron chi connectivity index (χ4n) is 2.42. The zero-order chi connectivity index (χ0) is 19.4. The molecular weight excluding hydrogens is 377 g/mol. The number of hydrogen-bond acceptors (Lipinski definition) is 5. The average Bonchev–Trinajstić information content (AvgIpc) is 3.07. The first-order valence-electron chi connectivity index (χ1n) is 8.05. The summed E-state index contributed by atoms with van der Waals surface area (Å²) in [5, 5.41) is 11.6. The number of benzene rings is 1. The van der Waals surface area contributed by atoms with Gasteiger partial charge >= 0.3 is 6.18 Å². The van der Waals surface area contributed by atoms with Crippen molar-refractivity contribution in [3.8, 4) is 0 Å². The molecule has 1 N–H and O–H groups in total. The van der Waals surface area contributed by atoms with Gasteiger partial charge in [-0.2, -0.15) is 13.2 Å². The summed E-state index contributed by atoms with van der Waals surface area (Å²) in [7, 11) is 0. The molecule has 0 atom stereocenters. The second kappa shape index (κ2) is 7.83. The van der Waals surface area contributed by atoms with Crippen LogP contribution in [0.25, 0.3) is 0 Å². The maximum atomic E-state index is 12.7. The van der Waals surface area contributed by atoms with Crippen molar-refractivity contribution in [2.45, 2.75) is 25.9 Å². The van der Waals surface area contributed by atoms with E-state index >= 15 is 0 Å². The van der Waals surface area contributed by atoms with Crippen molar-refractivity contribution < 1.29 is 18.0 Å². The first-order valence-corrected chi connectivity index (χ1v) is 8.87. The van der Waals surface area contributed by atoms with E-state index in [2.05, 4.69) is 20.5 Å². The van der Waals surface area contributed by atoms with Crippen LogP contribution >= 0.6 is 11.3 Å². The number of amides is 1. The van der Waals surface area contributed by atoms with Gasteiger partial charge in [-0.1, -0.05) is 41.7 Å². The second-order valence-corrected chi connectivity index (χ2v) is 6.83. The molecule has 27 heavy (non-hydrogen) atoms. The third-order valence-electron chi connectivity index (χ3n) is 3.78. The Morgan fingerprint density at radius 1 is 1.07 bits per heavy atom. The van der Waals surface area contributed by atoms with Crippen LogP contribution in [0.4, 0.5) is 18.3 Å². The minimum absolute atomic E-state index is 0.00357. The molecule has 0 bridgehead atoms. The Bertz CT molecular complexity index is 941. The van der Waals surface area contributed by atoms with E-state index in [0.29, 0.717) is 11.6 Å². The second-order valence-electron chi connectivity index (χ2n) is 5.77. The van der Waals surface area contributed by atoms with Crippen LogP contribution in [0.1, 0.15) is 32.3 Å². The van der Waals surface area contributed by atoms with Gasteiger partial charge in [0.25, 0.3) is 5.91 Å². The summed E-state index contributed by atoms with van der Waals surface area (Å²) in [4.78, 5) is 15.7. The molecule has 9 heteroatoms. The average molecular weight is 392 g/mol. The molecule has 0 aliphatic rings. The molecule has 0 saturated carbocycles. The van der Waals surface area contributed by atoms with Crippen LogP contribution < -0.4 is 5.32 Å².